The molecular weight excluding hydrogens is 367 g/mol. The van der Waals surface area contributed by atoms with Crippen molar-refractivity contribution in [2.24, 2.45) is 0 Å². The van der Waals surface area contributed by atoms with Crippen LogP contribution in [0.3, 0.4) is 0 Å². The molecule has 1 aliphatic heterocycles. The van der Waals surface area contributed by atoms with E-state index < -0.39 is 6.10 Å². The number of fused-ring (bicyclic) bond motifs is 1. The van der Waals surface area contributed by atoms with Gasteiger partial charge in [-0.05, 0) is 35.4 Å². The van der Waals surface area contributed by atoms with Crippen molar-refractivity contribution in [2.75, 3.05) is 0 Å². The molecule has 3 aromatic carbocycles. The van der Waals surface area contributed by atoms with E-state index in [2.05, 4.69) is 0 Å². The van der Waals surface area contributed by atoms with E-state index in [1.807, 2.05) is 54.6 Å². The number of rotatable bonds is 2. The van der Waals surface area contributed by atoms with Crippen LogP contribution in [0.25, 0.3) is 6.08 Å². The highest BCUT2D eigenvalue weighted by Gasteiger charge is 2.32. The van der Waals surface area contributed by atoms with Gasteiger partial charge in [0, 0.05) is 5.57 Å². The van der Waals surface area contributed by atoms with E-state index in [0.29, 0.717) is 32.5 Å². The number of ketones is 1. The van der Waals surface area contributed by atoms with Crippen LogP contribution in [0.1, 0.15) is 27.6 Å². The molecule has 0 spiro atoms. The van der Waals surface area contributed by atoms with E-state index in [1.54, 1.807) is 24.3 Å². The Morgan fingerprint density at radius 1 is 0.846 bits per heavy atom. The van der Waals surface area contributed by atoms with Gasteiger partial charge in [-0.3, -0.25) is 4.79 Å². The lowest BCUT2D eigenvalue weighted by Crippen LogP contribution is -2.23. The van der Waals surface area contributed by atoms with Crippen molar-refractivity contribution in [3.05, 3.63) is 105 Å². The summed E-state index contributed by atoms with van der Waals surface area (Å²) in [5.41, 5.74) is 2.66. The van der Waals surface area contributed by atoms with Gasteiger partial charge in [0.15, 0.2) is 11.9 Å². The molecule has 3 aromatic rings. The summed E-state index contributed by atoms with van der Waals surface area (Å²) in [5.74, 6) is 0.512. The van der Waals surface area contributed by atoms with Crippen LogP contribution in [-0.2, 0) is 0 Å². The largest absolute Gasteiger partial charge is 0.480 e. The highest BCUT2D eigenvalue weighted by Crippen LogP contribution is 2.40. The zero-order valence-corrected chi connectivity index (χ0v) is 15.2. The van der Waals surface area contributed by atoms with Gasteiger partial charge in [0.1, 0.15) is 5.75 Å². The molecule has 128 valence electrons. The SMILES string of the molecule is O=C1/C(=C/c2cccc(Cl)c2Cl)C(c2ccccc2)Oc2ccccc21. The summed E-state index contributed by atoms with van der Waals surface area (Å²) in [6.07, 6.45) is 1.26. The Labute approximate surface area is 161 Å². The minimum absolute atomic E-state index is 0.0725. The van der Waals surface area contributed by atoms with Gasteiger partial charge in [0.2, 0.25) is 0 Å². The maximum Gasteiger partial charge on any atom is 0.196 e. The first kappa shape index (κ1) is 16.9. The van der Waals surface area contributed by atoms with Gasteiger partial charge < -0.3 is 4.74 Å². The monoisotopic (exact) mass is 380 g/mol. The smallest absolute Gasteiger partial charge is 0.196 e. The molecule has 0 aliphatic carbocycles. The lowest BCUT2D eigenvalue weighted by atomic mass is 9.89. The first-order valence-corrected chi connectivity index (χ1v) is 8.91. The number of benzene rings is 3. The number of carbonyl (C=O) groups is 1. The van der Waals surface area contributed by atoms with Crippen LogP contribution in [0.4, 0.5) is 0 Å². The number of ether oxygens (including phenoxy) is 1. The molecule has 1 unspecified atom stereocenters. The summed E-state index contributed by atoms with van der Waals surface area (Å²) in [4.78, 5) is 13.2. The van der Waals surface area contributed by atoms with Crippen molar-refractivity contribution in [1.29, 1.82) is 0 Å². The molecule has 1 aliphatic rings. The van der Waals surface area contributed by atoms with Gasteiger partial charge >= 0.3 is 0 Å². The van der Waals surface area contributed by atoms with Crippen molar-refractivity contribution in [3.63, 3.8) is 0 Å². The molecule has 1 atom stereocenters. The second kappa shape index (κ2) is 6.99. The van der Waals surface area contributed by atoms with E-state index >= 15 is 0 Å². The fourth-order valence-corrected chi connectivity index (χ4v) is 3.40. The molecule has 4 heteroatoms. The predicted octanol–water partition coefficient (Wildman–Crippen LogP) is 6.39. The number of hydrogen-bond acceptors (Lipinski definition) is 2. The van der Waals surface area contributed by atoms with E-state index in [0.717, 1.165) is 5.56 Å². The summed E-state index contributed by atoms with van der Waals surface area (Å²) in [7, 11) is 0. The normalized spacial score (nSPS) is 17.7. The van der Waals surface area contributed by atoms with Gasteiger partial charge in [-0.1, -0.05) is 77.8 Å². The zero-order chi connectivity index (χ0) is 18.1. The summed E-state index contributed by atoms with van der Waals surface area (Å²) >= 11 is 12.5. The lowest BCUT2D eigenvalue weighted by Gasteiger charge is -2.28. The fourth-order valence-electron chi connectivity index (χ4n) is 3.04. The molecular formula is C22H14Cl2O2. The quantitative estimate of drug-likeness (QED) is 0.481. The highest BCUT2D eigenvalue weighted by atomic mass is 35.5. The van der Waals surface area contributed by atoms with Crippen molar-refractivity contribution in [3.8, 4) is 5.75 Å². The average Bonchev–Trinajstić information content (AvgIpc) is 2.68. The van der Waals surface area contributed by atoms with Gasteiger partial charge in [0.25, 0.3) is 0 Å². The van der Waals surface area contributed by atoms with Crippen LogP contribution in [-0.4, -0.2) is 5.78 Å². The van der Waals surface area contributed by atoms with E-state index in [-0.39, 0.29) is 5.78 Å². The first-order valence-electron chi connectivity index (χ1n) is 8.16. The third kappa shape index (κ3) is 3.03. The number of para-hydroxylation sites is 1. The Bertz CT molecular complexity index is 1010. The van der Waals surface area contributed by atoms with Crippen LogP contribution in [0.15, 0.2) is 78.4 Å². The van der Waals surface area contributed by atoms with E-state index in [9.17, 15) is 4.79 Å². The summed E-state index contributed by atoms with van der Waals surface area (Å²) in [5, 5.41) is 0.863. The zero-order valence-electron chi connectivity index (χ0n) is 13.7. The molecule has 0 aromatic heterocycles. The van der Waals surface area contributed by atoms with Crippen molar-refractivity contribution in [2.45, 2.75) is 6.10 Å². The van der Waals surface area contributed by atoms with Crippen LogP contribution < -0.4 is 4.74 Å². The maximum atomic E-state index is 13.2. The molecule has 2 nitrogen and oxygen atoms in total. The standard InChI is InChI=1S/C22H14Cl2O2/c23-18-11-6-9-15(20(18)24)13-17-21(25)16-10-4-5-12-19(16)26-22(17)14-7-2-1-3-8-14/h1-13,22H/b17-13-. The molecule has 0 saturated heterocycles. The second-order valence-electron chi connectivity index (χ2n) is 5.98. The van der Waals surface area contributed by atoms with Crippen molar-refractivity contribution < 1.29 is 9.53 Å². The molecule has 26 heavy (non-hydrogen) atoms. The molecule has 0 bridgehead atoms. The van der Waals surface area contributed by atoms with Crippen LogP contribution in [0.5, 0.6) is 5.75 Å². The van der Waals surface area contributed by atoms with Crippen LogP contribution in [0.2, 0.25) is 10.0 Å². The first-order chi connectivity index (χ1) is 12.6. The Hall–Kier alpha value is -2.55. The number of Topliss-reactive ketones (excluding diaryl/α,β-unsaturated/α-hetero) is 1. The summed E-state index contributed by atoms with van der Waals surface area (Å²) < 4.78 is 6.18. The molecule has 1 heterocycles. The molecule has 0 N–H and O–H groups in total. The number of halogens is 2. The minimum atomic E-state index is -0.506. The van der Waals surface area contributed by atoms with E-state index in [4.69, 9.17) is 27.9 Å². The third-order valence-electron chi connectivity index (χ3n) is 4.32. The Morgan fingerprint density at radius 2 is 1.58 bits per heavy atom. The second-order valence-corrected chi connectivity index (χ2v) is 6.76. The molecule has 0 fully saturated rings. The molecule has 4 rings (SSSR count). The molecule has 0 amide bonds. The Morgan fingerprint density at radius 3 is 2.38 bits per heavy atom. The van der Waals surface area contributed by atoms with Crippen LogP contribution in [0, 0.1) is 0 Å². The van der Waals surface area contributed by atoms with Crippen molar-refractivity contribution in [1.82, 2.24) is 0 Å². The lowest BCUT2D eigenvalue weighted by molar-refractivity contribution is 0.0963. The average molecular weight is 381 g/mol. The fraction of sp³-hybridized carbons (Fsp3) is 0.0455. The van der Waals surface area contributed by atoms with Gasteiger partial charge in [0.05, 0.1) is 15.6 Å². The van der Waals surface area contributed by atoms with Gasteiger partial charge in [-0.15, -0.1) is 0 Å². The molecule has 0 radical (unpaired) electrons. The van der Waals surface area contributed by atoms with Gasteiger partial charge in [-0.2, -0.15) is 0 Å². The maximum absolute atomic E-state index is 13.2. The topological polar surface area (TPSA) is 26.3 Å². The van der Waals surface area contributed by atoms with Crippen molar-refractivity contribution >= 4 is 35.1 Å². The highest BCUT2D eigenvalue weighted by molar-refractivity contribution is 6.43. The summed E-state index contributed by atoms with van der Waals surface area (Å²) in [6.45, 7) is 0. The Kier molecular flexibility index (Phi) is 4.54. The minimum Gasteiger partial charge on any atom is -0.480 e. The van der Waals surface area contributed by atoms with E-state index in [1.165, 1.54) is 0 Å². The Balaban J connectivity index is 1.90. The number of hydrogen-bond donors (Lipinski definition) is 0. The summed E-state index contributed by atoms with van der Waals surface area (Å²) in [6, 6.07) is 22.3. The predicted molar refractivity (Wildman–Crippen MR) is 105 cm³/mol. The third-order valence-corrected chi connectivity index (χ3v) is 5.15. The van der Waals surface area contributed by atoms with Gasteiger partial charge in [-0.25, -0.2) is 0 Å². The molecule has 0 saturated carbocycles. The number of carbonyl (C=O) groups excluding carboxylic acids is 1. The van der Waals surface area contributed by atoms with Crippen LogP contribution >= 0.6 is 23.2 Å².